The molecule has 22 heavy (non-hydrogen) atoms. The third kappa shape index (κ3) is 3.40. The Hall–Kier alpha value is -2.48. The first kappa shape index (κ1) is 14.5. The van der Waals surface area contributed by atoms with Crippen LogP contribution in [0.2, 0.25) is 0 Å². The number of benzene rings is 1. The lowest BCUT2D eigenvalue weighted by Gasteiger charge is -2.26. The fourth-order valence-corrected chi connectivity index (χ4v) is 2.38. The number of anilines is 4. The number of nitrogens with two attached hydrogens (primary N) is 1. The molecule has 0 saturated carbocycles. The molecule has 0 spiro atoms. The highest BCUT2D eigenvalue weighted by atomic mass is 19.1. The Morgan fingerprint density at radius 3 is 2.32 bits per heavy atom. The van der Waals surface area contributed by atoms with Crippen molar-refractivity contribution >= 4 is 23.5 Å². The molecule has 1 fully saturated rings. The largest absolute Gasteiger partial charge is 0.341 e. The molecule has 1 aromatic carbocycles. The van der Waals surface area contributed by atoms with Crippen LogP contribution in [0.4, 0.5) is 27.9 Å². The molecule has 3 rings (SSSR count). The van der Waals surface area contributed by atoms with E-state index in [1.807, 2.05) is 0 Å². The van der Waals surface area contributed by atoms with Crippen LogP contribution in [-0.4, -0.2) is 28.0 Å². The van der Waals surface area contributed by atoms with Crippen LogP contribution in [0.5, 0.6) is 0 Å². The van der Waals surface area contributed by atoms with Crippen LogP contribution in [-0.2, 0) is 0 Å². The minimum Gasteiger partial charge on any atom is -0.341 e. The smallest absolute Gasteiger partial charge is 0.243 e. The summed E-state index contributed by atoms with van der Waals surface area (Å²) in [6.45, 7) is 1.84. The van der Waals surface area contributed by atoms with Gasteiger partial charge in [-0.15, -0.1) is 0 Å². The number of hydrogen-bond acceptors (Lipinski definition) is 7. The van der Waals surface area contributed by atoms with E-state index >= 15 is 0 Å². The topological polar surface area (TPSA) is 92.0 Å². The van der Waals surface area contributed by atoms with E-state index in [1.54, 1.807) is 12.1 Å². The second-order valence-corrected chi connectivity index (χ2v) is 5.11. The van der Waals surface area contributed by atoms with Crippen molar-refractivity contribution in [2.45, 2.75) is 19.3 Å². The molecule has 4 N–H and O–H groups in total. The summed E-state index contributed by atoms with van der Waals surface area (Å²) in [6, 6.07) is 5.98. The summed E-state index contributed by atoms with van der Waals surface area (Å²) in [7, 11) is 0. The SMILES string of the molecule is NNc1nc(Nc2ccc(F)cc2)nc(N2CCCCC2)n1. The molecule has 0 atom stereocenters. The predicted molar refractivity (Wildman–Crippen MR) is 83.4 cm³/mol. The molecule has 1 saturated heterocycles. The Balaban J connectivity index is 1.84. The molecule has 1 aromatic heterocycles. The monoisotopic (exact) mass is 303 g/mol. The zero-order chi connectivity index (χ0) is 15.4. The maximum Gasteiger partial charge on any atom is 0.243 e. The molecular weight excluding hydrogens is 285 g/mol. The van der Waals surface area contributed by atoms with Crippen LogP contribution >= 0.6 is 0 Å². The number of rotatable bonds is 4. The van der Waals surface area contributed by atoms with Gasteiger partial charge >= 0.3 is 0 Å². The molecule has 116 valence electrons. The van der Waals surface area contributed by atoms with Crippen molar-refractivity contribution in [2.75, 3.05) is 28.7 Å². The summed E-state index contributed by atoms with van der Waals surface area (Å²) in [5.41, 5.74) is 3.15. The molecule has 0 bridgehead atoms. The van der Waals surface area contributed by atoms with Gasteiger partial charge in [-0.3, -0.25) is 5.43 Å². The van der Waals surface area contributed by atoms with Crippen molar-refractivity contribution in [1.29, 1.82) is 0 Å². The summed E-state index contributed by atoms with van der Waals surface area (Å²) >= 11 is 0. The number of hydrazine groups is 1. The van der Waals surface area contributed by atoms with Crippen molar-refractivity contribution in [3.8, 4) is 0 Å². The van der Waals surface area contributed by atoms with Gasteiger partial charge in [-0.05, 0) is 43.5 Å². The zero-order valence-corrected chi connectivity index (χ0v) is 12.1. The first-order chi connectivity index (χ1) is 10.7. The standard InChI is InChI=1S/C14H18FN7/c15-10-4-6-11(7-5-10)17-12-18-13(21-16)20-14(19-12)22-8-2-1-3-9-22/h4-7H,1-3,8-9,16H2,(H2,17,18,19,20,21). The molecule has 1 aliphatic heterocycles. The third-order valence-corrected chi connectivity index (χ3v) is 3.49. The summed E-state index contributed by atoms with van der Waals surface area (Å²) in [5.74, 6) is 6.39. The Labute approximate surface area is 127 Å². The van der Waals surface area contributed by atoms with Crippen LogP contribution in [0.3, 0.4) is 0 Å². The van der Waals surface area contributed by atoms with Gasteiger partial charge in [0.25, 0.3) is 0 Å². The van der Waals surface area contributed by atoms with Gasteiger partial charge in [0, 0.05) is 18.8 Å². The molecule has 7 nitrogen and oxygen atoms in total. The van der Waals surface area contributed by atoms with Gasteiger partial charge < -0.3 is 10.2 Å². The fourth-order valence-electron chi connectivity index (χ4n) is 2.38. The van der Waals surface area contributed by atoms with E-state index < -0.39 is 0 Å². The van der Waals surface area contributed by atoms with Gasteiger partial charge in [0.2, 0.25) is 17.8 Å². The van der Waals surface area contributed by atoms with Gasteiger partial charge in [-0.2, -0.15) is 15.0 Å². The molecule has 0 unspecified atom stereocenters. The minimum atomic E-state index is -0.292. The van der Waals surface area contributed by atoms with Gasteiger partial charge in [0.05, 0.1) is 0 Å². The van der Waals surface area contributed by atoms with E-state index in [0.717, 1.165) is 25.9 Å². The van der Waals surface area contributed by atoms with Crippen molar-refractivity contribution in [3.63, 3.8) is 0 Å². The number of nitrogens with zero attached hydrogens (tertiary/aromatic N) is 4. The molecular formula is C14H18FN7. The molecule has 0 aliphatic carbocycles. The quantitative estimate of drug-likeness (QED) is 0.588. The molecule has 0 amide bonds. The highest BCUT2D eigenvalue weighted by Gasteiger charge is 2.16. The minimum absolute atomic E-state index is 0.292. The van der Waals surface area contributed by atoms with Crippen LogP contribution in [0.15, 0.2) is 24.3 Å². The Morgan fingerprint density at radius 1 is 0.955 bits per heavy atom. The maximum absolute atomic E-state index is 12.9. The van der Waals surface area contributed by atoms with Crippen LogP contribution in [0, 0.1) is 5.82 Å². The van der Waals surface area contributed by atoms with Crippen LogP contribution < -0.4 is 21.5 Å². The van der Waals surface area contributed by atoms with Crippen molar-refractivity contribution in [3.05, 3.63) is 30.1 Å². The number of piperidine rings is 1. The third-order valence-electron chi connectivity index (χ3n) is 3.49. The molecule has 2 aromatic rings. The Kier molecular flexibility index (Phi) is 4.29. The zero-order valence-electron chi connectivity index (χ0n) is 12.1. The van der Waals surface area contributed by atoms with Gasteiger partial charge in [-0.1, -0.05) is 0 Å². The lowest BCUT2D eigenvalue weighted by atomic mass is 10.1. The highest BCUT2D eigenvalue weighted by molar-refractivity contribution is 5.55. The second kappa shape index (κ2) is 6.52. The highest BCUT2D eigenvalue weighted by Crippen LogP contribution is 2.20. The average Bonchev–Trinajstić information content (AvgIpc) is 2.57. The lowest BCUT2D eigenvalue weighted by molar-refractivity contribution is 0.568. The maximum atomic E-state index is 12.9. The number of hydrogen-bond donors (Lipinski definition) is 3. The van der Waals surface area contributed by atoms with E-state index in [0.29, 0.717) is 23.5 Å². The predicted octanol–water partition coefficient (Wildman–Crippen LogP) is 2.03. The lowest BCUT2D eigenvalue weighted by Crippen LogP contribution is -2.31. The first-order valence-electron chi connectivity index (χ1n) is 7.25. The molecule has 8 heteroatoms. The molecule has 0 radical (unpaired) electrons. The molecule has 2 heterocycles. The van der Waals surface area contributed by atoms with E-state index in [1.165, 1.54) is 18.6 Å². The average molecular weight is 303 g/mol. The number of nitrogen functional groups attached to an aromatic ring is 1. The van der Waals surface area contributed by atoms with E-state index in [9.17, 15) is 4.39 Å². The van der Waals surface area contributed by atoms with Crippen molar-refractivity contribution < 1.29 is 4.39 Å². The van der Waals surface area contributed by atoms with Crippen molar-refractivity contribution in [1.82, 2.24) is 15.0 Å². The van der Waals surface area contributed by atoms with E-state index in [2.05, 4.69) is 30.6 Å². The Bertz CT molecular complexity index is 626. The van der Waals surface area contributed by atoms with Gasteiger partial charge in [-0.25, -0.2) is 10.2 Å². The summed E-state index contributed by atoms with van der Waals surface area (Å²) < 4.78 is 12.9. The summed E-state index contributed by atoms with van der Waals surface area (Å²) in [4.78, 5) is 15.0. The number of halogens is 1. The Morgan fingerprint density at radius 2 is 1.64 bits per heavy atom. The van der Waals surface area contributed by atoms with Crippen LogP contribution in [0.1, 0.15) is 19.3 Å². The molecule has 1 aliphatic rings. The van der Waals surface area contributed by atoms with E-state index in [4.69, 9.17) is 5.84 Å². The van der Waals surface area contributed by atoms with Gasteiger partial charge in [0.1, 0.15) is 5.82 Å². The first-order valence-corrected chi connectivity index (χ1v) is 7.25. The fraction of sp³-hybridized carbons (Fsp3) is 0.357. The summed E-state index contributed by atoms with van der Waals surface area (Å²) in [6.07, 6.45) is 3.47. The summed E-state index contributed by atoms with van der Waals surface area (Å²) in [5, 5.41) is 3.03. The van der Waals surface area contributed by atoms with E-state index in [-0.39, 0.29) is 5.82 Å². The normalized spacial score (nSPS) is 14.7. The van der Waals surface area contributed by atoms with Gasteiger partial charge in [0.15, 0.2) is 0 Å². The second-order valence-electron chi connectivity index (χ2n) is 5.11. The van der Waals surface area contributed by atoms with Crippen LogP contribution in [0.25, 0.3) is 0 Å². The van der Waals surface area contributed by atoms with Crippen molar-refractivity contribution in [2.24, 2.45) is 5.84 Å². The number of nitrogens with one attached hydrogen (secondary N) is 2. The number of aromatic nitrogens is 3.